The summed E-state index contributed by atoms with van der Waals surface area (Å²) in [5.74, 6) is 0. The van der Waals surface area contributed by atoms with Crippen LogP contribution in [0.15, 0.2) is 72.8 Å². The number of benzene rings is 2. The fourth-order valence-corrected chi connectivity index (χ4v) is 0.770. The van der Waals surface area contributed by atoms with Crippen LogP contribution in [0.4, 0.5) is 0 Å². The lowest BCUT2D eigenvalue weighted by molar-refractivity contribution is 0.562. The summed E-state index contributed by atoms with van der Waals surface area (Å²) < 4.78 is 0. The summed E-state index contributed by atoms with van der Waals surface area (Å²) in [5.41, 5.74) is 0. The van der Waals surface area contributed by atoms with E-state index >= 15 is 0 Å². The molecular weight excluding hydrogens is 252 g/mol. The molecule has 0 bridgehead atoms. The molecule has 108 valence electrons. The van der Waals surface area contributed by atoms with Gasteiger partial charge in [0.1, 0.15) is 0 Å². The van der Waals surface area contributed by atoms with Crippen molar-refractivity contribution in [2.45, 2.75) is 14.9 Å². The second-order valence-corrected chi connectivity index (χ2v) is 2.51. The first-order valence-electron chi connectivity index (χ1n) is 4.91. The Morgan fingerprint density at radius 2 is 0.500 bits per heavy atom. The molecule has 0 aliphatic carbocycles. The maximum atomic E-state index is 8.35. The Morgan fingerprint density at radius 3 is 0.550 bits per heavy atom. The van der Waals surface area contributed by atoms with Crippen molar-refractivity contribution < 1.29 is 9.59 Å². The lowest BCUT2D eigenvalue weighted by Crippen LogP contribution is -1.47. The number of carbonyl (C=O) groups excluding carboxylic acids is 2. The second-order valence-electron chi connectivity index (χ2n) is 2.51. The van der Waals surface area contributed by atoms with Crippen LogP contribution in [0.2, 0.25) is 0 Å². The van der Waals surface area contributed by atoms with E-state index in [2.05, 4.69) is 0 Å². The van der Waals surface area contributed by atoms with Crippen LogP contribution in [0, 0.1) is 10.8 Å². The van der Waals surface area contributed by atoms with Crippen molar-refractivity contribution >= 4 is 12.2 Å². The molecule has 0 aliphatic heterocycles. The number of hydrogen-bond acceptors (Lipinski definition) is 4. The van der Waals surface area contributed by atoms with E-state index in [1.807, 2.05) is 72.8 Å². The Hall–Kier alpha value is -2.80. The predicted molar refractivity (Wildman–Crippen MR) is 83.2 cm³/mol. The highest BCUT2D eigenvalue weighted by atomic mass is 16.1. The summed E-state index contributed by atoms with van der Waals surface area (Å²) in [5, 5.41) is 10.8. The third kappa shape index (κ3) is 36.2. The van der Waals surface area contributed by atoms with Gasteiger partial charge in [0.25, 0.3) is 0 Å². The molecule has 0 radical (unpaired) electrons. The van der Waals surface area contributed by atoms with Crippen LogP contribution < -0.4 is 0 Å². The smallest absolute Gasteiger partial charge is 0.222 e. The van der Waals surface area contributed by atoms with Gasteiger partial charge in [0.15, 0.2) is 0 Å². The van der Waals surface area contributed by atoms with Crippen molar-refractivity contribution in [2.24, 2.45) is 0 Å². The van der Waals surface area contributed by atoms with Gasteiger partial charge in [-0.15, -0.1) is 0 Å². The highest BCUT2D eigenvalue weighted by Gasteiger charge is 1.58. The van der Waals surface area contributed by atoms with Gasteiger partial charge in [-0.25, -0.2) is 20.4 Å². The molecule has 0 aromatic heterocycles. The van der Waals surface area contributed by atoms with Crippen LogP contribution in [0.25, 0.3) is 0 Å². The third-order valence-corrected chi connectivity index (χ3v) is 1.33. The summed E-state index contributed by atoms with van der Waals surface area (Å²) in [7, 11) is 0. The molecule has 2 rings (SSSR count). The average molecular weight is 274 g/mol. The molecule has 0 fully saturated rings. The van der Waals surface area contributed by atoms with Crippen molar-refractivity contribution in [3.05, 3.63) is 72.8 Å². The van der Waals surface area contributed by atoms with Crippen molar-refractivity contribution in [3.63, 3.8) is 0 Å². The normalized spacial score (nSPS) is 5.60. The lowest BCUT2D eigenvalue weighted by atomic mass is 10.4. The second kappa shape index (κ2) is 29.8. The van der Waals surface area contributed by atoms with E-state index in [0.29, 0.717) is 0 Å². The minimum Gasteiger partial charge on any atom is -0.222 e. The third-order valence-electron chi connectivity index (χ3n) is 1.33. The van der Waals surface area contributed by atoms with E-state index in [9.17, 15) is 0 Å². The molecule has 2 N–H and O–H groups in total. The van der Waals surface area contributed by atoms with Crippen LogP contribution in [0.3, 0.4) is 0 Å². The SMILES string of the molecule is C.C.N=C=O.N=C=O.c1ccccc1.c1ccccc1. The standard InChI is InChI=1S/2C6H6.2CHNO.2CH4/c2*1-2-4-6-5-3-1;2*2-1-3;;/h2*1-6H;2*2H;2*1H4. The zero-order chi connectivity index (χ0) is 13.9. The molecule has 0 atom stereocenters. The van der Waals surface area contributed by atoms with Gasteiger partial charge < -0.3 is 0 Å². The topological polar surface area (TPSA) is 81.8 Å². The number of hydrogen-bond donors (Lipinski definition) is 2. The van der Waals surface area contributed by atoms with Gasteiger partial charge in [-0.2, -0.15) is 0 Å². The largest absolute Gasteiger partial charge is 0.231 e. The van der Waals surface area contributed by atoms with Gasteiger partial charge in [-0.1, -0.05) is 87.6 Å². The fraction of sp³-hybridized carbons (Fsp3) is 0.125. The predicted octanol–water partition coefficient (Wildman–Crippen LogP) is 4.45. The number of nitrogens with one attached hydrogen (secondary N) is 2. The monoisotopic (exact) mass is 274 g/mol. The molecule has 2 aromatic rings. The van der Waals surface area contributed by atoms with E-state index < -0.39 is 0 Å². The van der Waals surface area contributed by atoms with E-state index in [0.717, 1.165) is 12.2 Å². The zero-order valence-corrected chi connectivity index (χ0v) is 9.74. The van der Waals surface area contributed by atoms with Crippen molar-refractivity contribution in [1.82, 2.24) is 0 Å². The van der Waals surface area contributed by atoms with E-state index in [1.165, 1.54) is 0 Å². The van der Waals surface area contributed by atoms with Gasteiger partial charge >= 0.3 is 0 Å². The van der Waals surface area contributed by atoms with Crippen LogP contribution in [0.5, 0.6) is 0 Å². The Balaban J connectivity index is -0.0000000874. The molecule has 0 heterocycles. The van der Waals surface area contributed by atoms with Gasteiger partial charge in [0.05, 0.1) is 0 Å². The number of rotatable bonds is 0. The van der Waals surface area contributed by atoms with Crippen LogP contribution >= 0.6 is 0 Å². The van der Waals surface area contributed by atoms with E-state index in [1.54, 1.807) is 0 Å². The van der Waals surface area contributed by atoms with Crippen LogP contribution in [0.1, 0.15) is 14.9 Å². The van der Waals surface area contributed by atoms with Gasteiger partial charge in [-0.05, 0) is 0 Å². The van der Waals surface area contributed by atoms with Gasteiger partial charge in [0, 0.05) is 0 Å². The minimum atomic E-state index is 0. The molecule has 4 nitrogen and oxygen atoms in total. The first kappa shape index (κ1) is 25.9. The molecule has 2 aromatic carbocycles. The molecule has 4 heteroatoms. The van der Waals surface area contributed by atoms with Gasteiger partial charge in [0.2, 0.25) is 12.2 Å². The summed E-state index contributed by atoms with van der Waals surface area (Å²) >= 11 is 0. The Bertz CT molecular complexity index is 322. The zero-order valence-electron chi connectivity index (χ0n) is 9.74. The lowest BCUT2D eigenvalue weighted by Gasteiger charge is -1.69. The molecule has 0 amide bonds. The summed E-state index contributed by atoms with van der Waals surface area (Å²) in [4.78, 5) is 16.7. The Labute approximate surface area is 121 Å². The Kier molecular flexibility index (Phi) is 38.6. The summed E-state index contributed by atoms with van der Waals surface area (Å²) in [6.07, 6.45) is 1.50. The highest BCUT2D eigenvalue weighted by molar-refractivity contribution is 5.26. The van der Waals surface area contributed by atoms with Crippen molar-refractivity contribution in [2.75, 3.05) is 0 Å². The molecule has 0 saturated heterocycles. The van der Waals surface area contributed by atoms with E-state index in [4.69, 9.17) is 20.4 Å². The van der Waals surface area contributed by atoms with Gasteiger partial charge in [-0.3, -0.25) is 0 Å². The van der Waals surface area contributed by atoms with Crippen molar-refractivity contribution in [1.29, 1.82) is 10.8 Å². The summed E-state index contributed by atoms with van der Waals surface area (Å²) in [6.45, 7) is 0. The van der Waals surface area contributed by atoms with E-state index in [-0.39, 0.29) is 14.9 Å². The van der Waals surface area contributed by atoms with Crippen LogP contribution in [-0.4, -0.2) is 12.2 Å². The first-order valence-corrected chi connectivity index (χ1v) is 4.91. The molecule has 20 heavy (non-hydrogen) atoms. The highest BCUT2D eigenvalue weighted by Crippen LogP contribution is 1.80. The Morgan fingerprint density at radius 1 is 0.450 bits per heavy atom. The quantitative estimate of drug-likeness (QED) is 0.549. The molecule has 0 saturated carbocycles. The van der Waals surface area contributed by atoms with Crippen molar-refractivity contribution in [3.8, 4) is 0 Å². The maximum absolute atomic E-state index is 8.35. The molecule has 0 aliphatic rings. The summed E-state index contributed by atoms with van der Waals surface area (Å²) in [6, 6.07) is 24.0. The minimum absolute atomic E-state index is 0. The first-order chi connectivity index (χ1) is 8.83. The average Bonchev–Trinajstić information content (AvgIpc) is 2.45. The van der Waals surface area contributed by atoms with Crippen LogP contribution in [-0.2, 0) is 9.59 Å². The maximum Gasteiger partial charge on any atom is 0.231 e. The fourth-order valence-electron chi connectivity index (χ4n) is 0.770. The molecule has 0 spiro atoms. The number of isocyanates is 2. The molecular formula is C16H22N2O2. The molecule has 0 unspecified atom stereocenters.